The maximum absolute atomic E-state index is 12.1. The zero-order valence-electron chi connectivity index (χ0n) is 6.67. The first-order valence-corrected chi connectivity index (χ1v) is 3.79. The van der Waals surface area contributed by atoms with Crippen molar-refractivity contribution in [1.82, 2.24) is 0 Å². The minimum atomic E-state index is -4.37. The zero-order valence-corrected chi connectivity index (χ0v) is 7.42. The number of anilines is 1. The molecule has 72 valence electrons. The molecule has 1 aromatic heterocycles. The first-order valence-electron chi connectivity index (χ1n) is 3.41. The first kappa shape index (κ1) is 10.1. The van der Waals surface area contributed by atoms with Crippen molar-refractivity contribution in [2.24, 2.45) is 0 Å². The van der Waals surface area contributed by atoms with E-state index in [-0.39, 0.29) is 5.02 Å². The van der Waals surface area contributed by atoms with E-state index in [0.29, 0.717) is 5.82 Å². The van der Waals surface area contributed by atoms with E-state index in [0.717, 1.165) is 12.3 Å². The summed E-state index contributed by atoms with van der Waals surface area (Å²) in [7, 11) is 1.56. The SMILES string of the molecule is CNc1[nH+]cc(C(F)(F)F)cc1Cl. The molecular formula is C7H7ClF3N2+. The molecule has 1 aromatic rings. The molecule has 0 aromatic carbocycles. The largest absolute Gasteiger partial charge is 0.419 e. The van der Waals surface area contributed by atoms with Gasteiger partial charge in [-0.3, -0.25) is 5.32 Å². The maximum Gasteiger partial charge on any atom is 0.419 e. The Morgan fingerprint density at radius 3 is 2.46 bits per heavy atom. The minimum Gasteiger partial charge on any atom is -0.276 e. The van der Waals surface area contributed by atoms with E-state index in [9.17, 15) is 13.2 Å². The van der Waals surface area contributed by atoms with Crippen LogP contribution in [-0.2, 0) is 6.18 Å². The fraction of sp³-hybridized carbons (Fsp3) is 0.286. The highest BCUT2D eigenvalue weighted by atomic mass is 35.5. The fourth-order valence-corrected chi connectivity index (χ4v) is 1.09. The van der Waals surface area contributed by atoms with Gasteiger partial charge in [-0.1, -0.05) is 11.6 Å². The molecular weight excluding hydrogens is 205 g/mol. The summed E-state index contributed by atoms with van der Waals surface area (Å²) in [5, 5.41) is 2.63. The van der Waals surface area contributed by atoms with Crippen LogP contribution in [0.5, 0.6) is 0 Å². The number of aromatic amines is 1. The highest BCUT2D eigenvalue weighted by molar-refractivity contribution is 6.32. The van der Waals surface area contributed by atoms with Crippen LogP contribution in [0.1, 0.15) is 5.56 Å². The predicted molar refractivity (Wildman–Crippen MR) is 42.6 cm³/mol. The van der Waals surface area contributed by atoms with Crippen molar-refractivity contribution in [2.45, 2.75) is 6.18 Å². The number of pyridine rings is 1. The standard InChI is InChI=1S/C7H6ClF3N2/c1-12-6-5(8)2-4(3-13-6)7(9,10)11/h2-3H,1H3,(H,12,13)/p+1. The number of alkyl halides is 3. The minimum absolute atomic E-state index is 0.0114. The summed E-state index contributed by atoms with van der Waals surface area (Å²) < 4.78 is 36.3. The molecule has 1 heterocycles. The normalized spacial score (nSPS) is 11.5. The third-order valence-corrected chi connectivity index (χ3v) is 1.77. The maximum atomic E-state index is 12.1. The molecule has 6 heteroatoms. The molecule has 0 saturated carbocycles. The van der Waals surface area contributed by atoms with E-state index in [4.69, 9.17) is 11.6 Å². The number of nitrogens with one attached hydrogen (secondary N) is 2. The van der Waals surface area contributed by atoms with Gasteiger partial charge in [0.05, 0.1) is 12.6 Å². The van der Waals surface area contributed by atoms with Crippen LogP contribution in [0.25, 0.3) is 0 Å². The molecule has 0 aliphatic heterocycles. The van der Waals surface area contributed by atoms with Gasteiger partial charge >= 0.3 is 6.18 Å². The lowest BCUT2D eigenvalue weighted by atomic mass is 10.3. The lowest BCUT2D eigenvalue weighted by Gasteiger charge is -2.05. The van der Waals surface area contributed by atoms with Gasteiger partial charge in [0.15, 0.2) is 0 Å². The van der Waals surface area contributed by atoms with Gasteiger partial charge in [0.2, 0.25) is 0 Å². The number of aromatic nitrogens is 1. The Hall–Kier alpha value is -0.970. The average molecular weight is 212 g/mol. The van der Waals surface area contributed by atoms with Crippen LogP contribution in [0, 0.1) is 0 Å². The van der Waals surface area contributed by atoms with Crippen molar-refractivity contribution in [3.05, 3.63) is 22.8 Å². The third-order valence-electron chi connectivity index (χ3n) is 1.47. The Labute approximate surface area is 77.7 Å². The van der Waals surface area contributed by atoms with Crippen molar-refractivity contribution in [2.75, 3.05) is 12.4 Å². The van der Waals surface area contributed by atoms with Crippen molar-refractivity contribution in [3.63, 3.8) is 0 Å². The number of H-pyrrole nitrogens is 1. The van der Waals surface area contributed by atoms with Gasteiger partial charge in [0.25, 0.3) is 5.82 Å². The van der Waals surface area contributed by atoms with Crippen LogP contribution >= 0.6 is 11.6 Å². The van der Waals surface area contributed by atoms with Gasteiger partial charge in [-0.2, -0.15) is 13.2 Å². The Kier molecular flexibility index (Phi) is 2.66. The van der Waals surface area contributed by atoms with E-state index < -0.39 is 11.7 Å². The number of hydrogen-bond donors (Lipinski definition) is 1. The van der Waals surface area contributed by atoms with Gasteiger partial charge < -0.3 is 0 Å². The first-order chi connectivity index (χ1) is 5.95. The Morgan fingerprint density at radius 1 is 1.46 bits per heavy atom. The summed E-state index contributed by atoms with van der Waals surface area (Å²) in [6.45, 7) is 0. The van der Waals surface area contributed by atoms with Crippen molar-refractivity contribution in [3.8, 4) is 0 Å². The molecule has 1 rings (SSSR count). The van der Waals surface area contributed by atoms with Crippen LogP contribution in [0.2, 0.25) is 5.02 Å². The molecule has 0 bridgehead atoms. The summed E-state index contributed by atoms with van der Waals surface area (Å²) in [5.74, 6) is 0.356. The molecule has 0 atom stereocenters. The molecule has 0 radical (unpaired) electrons. The van der Waals surface area contributed by atoms with E-state index in [1.165, 1.54) is 0 Å². The molecule has 13 heavy (non-hydrogen) atoms. The highest BCUT2D eigenvalue weighted by Crippen LogP contribution is 2.30. The number of rotatable bonds is 1. The summed E-state index contributed by atoms with van der Waals surface area (Å²) in [6, 6.07) is 0.865. The molecule has 0 unspecified atom stereocenters. The van der Waals surface area contributed by atoms with Crippen molar-refractivity contribution >= 4 is 17.4 Å². The predicted octanol–water partition coefficient (Wildman–Crippen LogP) is 2.21. The number of halogens is 4. The van der Waals surface area contributed by atoms with E-state index >= 15 is 0 Å². The Balaban J connectivity index is 3.10. The summed E-state index contributed by atoms with van der Waals surface area (Å²) in [6.07, 6.45) is -3.51. The van der Waals surface area contributed by atoms with E-state index in [1.807, 2.05) is 0 Å². The van der Waals surface area contributed by atoms with Gasteiger partial charge in [0, 0.05) is 0 Å². The van der Waals surface area contributed by atoms with Gasteiger partial charge in [-0.15, -0.1) is 0 Å². The lowest BCUT2D eigenvalue weighted by molar-refractivity contribution is -0.364. The Bertz CT molecular complexity index is 311. The molecule has 0 aliphatic carbocycles. The molecule has 0 aliphatic rings. The molecule has 0 amide bonds. The van der Waals surface area contributed by atoms with Crippen LogP contribution < -0.4 is 10.3 Å². The molecule has 0 saturated heterocycles. The highest BCUT2D eigenvalue weighted by Gasteiger charge is 2.32. The lowest BCUT2D eigenvalue weighted by Crippen LogP contribution is -2.15. The topological polar surface area (TPSA) is 26.2 Å². The van der Waals surface area contributed by atoms with Gasteiger partial charge in [-0.25, -0.2) is 4.98 Å². The van der Waals surface area contributed by atoms with Crippen LogP contribution in [-0.4, -0.2) is 7.05 Å². The van der Waals surface area contributed by atoms with E-state index in [2.05, 4.69) is 10.3 Å². The van der Waals surface area contributed by atoms with Crippen molar-refractivity contribution in [1.29, 1.82) is 0 Å². The monoisotopic (exact) mass is 211 g/mol. The van der Waals surface area contributed by atoms with Crippen LogP contribution in [0.3, 0.4) is 0 Å². The molecule has 0 fully saturated rings. The third kappa shape index (κ3) is 2.24. The quantitative estimate of drug-likeness (QED) is 0.758. The molecule has 2 nitrogen and oxygen atoms in total. The molecule has 2 N–H and O–H groups in total. The second-order valence-electron chi connectivity index (χ2n) is 2.36. The average Bonchev–Trinajstić information content (AvgIpc) is 2.02. The second kappa shape index (κ2) is 3.41. The zero-order chi connectivity index (χ0) is 10.1. The second-order valence-corrected chi connectivity index (χ2v) is 2.77. The number of hydrogen-bond acceptors (Lipinski definition) is 1. The summed E-state index contributed by atoms with van der Waals surface area (Å²) in [4.78, 5) is 2.40. The van der Waals surface area contributed by atoms with Gasteiger partial charge in [0.1, 0.15) is 11.2 Å². The Morgan fingerprint density at radius 2 is 2.08 bits per heavy atom. The van der Waals surface area contributed by atoms with Gasteiger partial charge in [-0.05, 0) is 6.07 Å². The summed E-state index contributed by atoms with van der Waals surface area (Å²) >= 11 is 5.54. The molecule has 0 spiro atoms. The van der Waals surface area contributed by atoms with Crippen LogP contribution in [0.4, 0.5) is 19.0 Å². The van der Waals surface area contributed by atoms with Crippen molar-refractivity contribution < 1.29 is 18.2 Å². The fourth-order valence-electron chi connectivity index (χ4n) is 0.824. The smallest absolute Gasteiger partial charge is 0.276 e. The van der Waals surface area contributed by atoms with E-state index in [1.54, 1.807) is 7.05 Å². The summed E-state index contributed by atoms with van der Waals surface area (Å²) in [5.41, 5.74) is -0.795. The van der Waals surface area contributed by atoms with Crippen LogP contribution in [0.15, 0.2) is 12.3 Å².